The average molecular weight is 321 g/mol. The van der Waals surface area contributed by atoms with Crippen LogP contribution in [0.3, 0.4) is 0 Å². The van der Waals surface area contributed by atoms with Crippen molar-refractivity contribution >= 4 is 11.7 Å². The second-order valence-electron chi connectivity index (χ2n) is 5.66. The quantitative estimate of drug-likeness (QED) is 0.814. The zero-order valence-corrected chi connectivity index (χ0v) is 13.5. The Morgan fingerprint density at radius 3 is 2.70 bits per heavy atom. The smallest absolute Gasteiger partial charge is 0.255 e. The minimum absolute atomic E-state index is 0.113. The first-order valence-corrected chi connectivity index (χ1v) is 7.79. The van der Waals surface area contributed by atoms with E-state index >= 15 is 0 Å². The third kappa shape index (κ3) is 4.60. The molecule has 3 atom stereocenters. The zero-order chi connectivity index (χ0) is 16.8. The number of ketones is 1. The number of benzene rings is 1. The number of aliphatic hydroxyl groups is 1. The van der Waals surface area contributed by atoms with Gasteiger partial charge in [-0.05, 0) is 25.3 Å². The molecule has 1 amide bonds. The Bertz CT molecular complexity index is 533. The van der Waals surface area contributed by atoms with Crippen LogP contribution in [0.5, 0.6) is 0 Å². The molecular weight excluding hydrogens is 298 g/mol. The summed E-state index contributed by atoms with van der Waals surface area (Å²) in [5, 5.41) is 9.99. The van der Waals surface area contributed by atoms with Crippen LogP contribution in [0.15, 0.2) is 30.3 Å². The lowest BCUT2D eigenvalue weighted by molar-refractivity contribution is -0.175. The van der Waals surface area contributed by atoms with E-state index < -0.39 is 12.5 Å². The van der Waals surface area contributed by atoms with Crippen molar-refractivity contribution in [2.45, 2.75) is 45.2 Å². The number of ether oxygens (including phenoxy) is 2. The van der Waals surface area contributed by atoms with E-state index in [9.17, 15) is 14.7 Å². The fourth-order valence-electron chi connectivity index (χ4n) is 2.62. The Balaban J connectivity index is 2.06. The van der Waals surface area contributed by atoms with Crippen LogP contribution >= 0.6 is 0 Å². The van der Waals surface area contributed by atoms with E-state index in [1.54, 1.807) is 6.92 Å². The normalized spacial score (nSPS) is 22.1. The molecule has 1 aromatic rings. The van der Waals surface area contributed by atoms with Crippen molar-refractivity contribution < 1.29 is 24.2 Å². The number of carbonyl (C=O) groups is 2. The van der Waals surface area contributed by atoms with Crippen LogP contribution < -0.4 is 0 Å². The Morgan fingerprint density at radius 2 is 2.09 bits per heavy atom. The summed E-state index contributed by atoms with van der Waals surface area (Å²) in [6, 6.07) is 9.47. The fourth-order valence-corrected chi connectivity index (χ4v) is 2.62. The highest BCUT2D eigenvalue weighted by Crippen LogP contribution is 2.21. The number of amides is 1. The molecule has 1 heterocycles. The molecule has 0 aliphatic carbocycles. The fraction of sp³-hybridized carbons (Fsp3) is 0.529. The van der Waals surface area contributed by atoms with Gasteiger partial charge in [0.25, 0.3) is 5.91 Å². The summed E-state index contributed by atoms with van der Waals surface area (Å²) in [6.07, 6.45) is -1.01. The van der Waals surface area contributed by atoms with Crippen molar-refractivity contribution in [3.05, 3.63) is 35.9 Å². The molecule has 1 fully saturated rings. The molecule has 1 aliphatic heterocycles. The van der Waals surface area contributed by atoms with Gasteiger partial charge in [0.1, 0.15) is 12.7 Å². The number of hydrogen-bond donors (Lipinski definition) is 1. The molecule has 1 aliphatic rings. The molecular formula is C17H23NO5. The third-order valence-corrected chi connectivity index (χ3v) is 3.77. The molecule has 6 nitrogen and oxygen atoms in total. The molecule has 2 rings (SSSR count). The van der Waals surface area contributed by atoms with Crippen LogP contribution in [0.4, 0.5) is 0 Å². The summed E-state index contributed by atoms with van der Waals surface area (Å²) < 4.78 is 10.6. The minimum Gasteiger partial charge on any atom is -0.361 e. The van der Waals surface area contributed by atoms with Gasteiger partial charge >= 0.3 is 0 Å². The van der Waals surface area contributed by atoms with E-state index in [2.05, 4.69) is 0 Å². The van der Waals surface area contributed by atoms with E-state index in [1.807, 2.05) is 30.3 Å². The van der Waals surface area contributed by atoms with Gasteiger partial charge in [-0.1, -0.05) is 37.3 Å². The van der Waals surface area contributed by atoms with Crippen molar-refractivity contribution in [1.29, 1.82) is 0 Å². The molecule has 0 spiro atoms. The summed E-state index contributed by atoms with van der Waals surface area (Å²) in [6.45, 7) is 3.37. The summed E-state index contributed by atoms with van der Waals surface area (Å²) in [4.78, 5) is 25.0. The molecule has 0 radical (unpaired) electrons. The van der Waals surface area contributed by atoms with Gasteiger partial charge in [-0.25, -0.2) is 0 Å². The van der Waals surface area contributed by atoms with Gasteiger partial charge in [0.15, 0.2) is 5.78 Å². The minimum atomic E-state index is -1.27. The molecule has 1 saturated heterocycles. The molecule has 1 aromatic carbocycles. The summed E-state index contributed by atoms with van der Waals surface area (Å²) in [5.74, 6) is -0.491. The van der Waals surface area contributed by atoms with Gasteiger partial charge in [0.05, 0.1) is 12.6 Å². The van der Waals surface area contributed by atoms with Crippen molar-refractivity contribution in [2.24, 2.45) is 0 Å². The molecule has 1 unspecified atom stereocenters. The predicted molar refractivity (Wildman–Crippen MR) is 83.5 cm³/mol. The molecule has 126 valence electrons. The van der Waals surface area contributed by atoms with Gasteiger partial charge in [-0.2, -0.15) is 0 Å². The Hall–Kier alpha value is -1.76. The van der Waals surface area contributed by atoms with Crippen LogP contribution in [-0.2, 0) is 25.5 Å². The van der Waals surface area contributed by atoms with Gasteiger partial charge in [0.2, 0.25) is 6.41 Å². The van der Waals surface area contributed by atoms with E-state index in [4.69, 9.17) is 9.47 Å². The Labute approximate surface area is 136 Å². The second kappa shape index (κ2) is 8.19. The first-order valence-electron chi connectivity index (χ1n) is 7.79. The summed E-state index contributed by atoms with van der Waals surface area (Å²) in [5.41, 5.74) is 1.06. The Kier molecular flexibility index (Phi) is 6.27. The highest BCUT2D eigenvalue weighted by molar-refractivity contribution is 5.82. The number of aliphatic hydroxyl groups excluding tert-OH is 1. The van der Waals surface area contributed by atoms with Crippen LogP contribution in [0, 0.1) is 0 Å². The van der Waals surface area contributed by atoms with Crippen LogP contribution in [0.1, 0.15) is 25.8 Å². The predicted octanol–water partition coefficient (Wildman–Crippen LogP) is 1.12. The number of Topliss-reactive ketones (excluding diaryl/α,β-unsaturated/α-hetero) is 1. The third-order valence-electron chi connectivity index (χ3n) is 3.77. The van der Waals surface area contributed by atoms with Crippen molar-refractivity contribution in [2.75, 3.05) is 13.2 Å². The highest BCUT2D eigenvalue weighted by atomic mass is 16.6. The van der Waals surface area contributed by atoms with Crippen molar-refractivity contribution in [3.8, 4) is 0 Å². The van der Waals surface area contributed by atoms with Crippen molar-refractivity contribution in [3.63, 3.8) is 0 Å². The first-order chi connectivity index (χ1) is 11.0. The lowest BCUT2D eigenvalue weighted by Crippen LogP contribution is -2.48. The number of hydrogen-bond acceptors (Lipinski definition) is 5. The van der Waals surface area contributed by atoms with Gasteiger partial charge in [-0.3, -0.25) is 14.5 Å². The monoisotopic (exact) mass is 321 g/mol. The van der Waals surface area contributed by atoms with Crippen LogP contribution in [0.25, 0.3) is 0 Å². The van der Waals surface area contributed by atoms with E-state index in [0.717, 1.165) is 5.56 Å². The van der Waals surface area contributed by atoms with E-state index in [0.29, 0.717) is 12.8 Å². The molecule has 0 bridgehead atoms. The van der Waals surface area contributed by atoms with Crippen LogP contribution in [0.2, 0.25) is 0 Å². The Morgan fingerprint density at radius 1 is 1.39 bits per heavy atom. The molecule has 0 saturated carbocycles. The maximum atomic E-state index is 12.6. The van der Waals surface area contributed by atoms with E-state index in [1.165, 1.54) is 11.8 Å². The number of nitrogens with zero attached hydrogens (tertiary/aromatic N) is 1. The molecule has 1 N–H and O–H groups in total. The lowest BCUT2D eigenvalue weighted by atomic mass is 10.1. The van der Waals surface area contributed by atoms with Gasteiger partial charge in [-0.15, -0.1) is 0 Å². The van der Waals surface area contributed by atoms with Gasteiger partial charge in [0, 0.05) is 0 Å². The van der Waals surface area contributed by atoms with E-state index in [-0.39, 0.29) is 30.9 Å². The van der Waals surface area contributed by atoms with Crippen LogP contribution in [-0.4, -0.2) is 53.5 Å². The zero-order valence-electron chi connectivity index (χ0n) is 13.5. The SMILES string of the molecule is CC[C@H](OCC(C)=O)C(=O)N1C(O)OC[C@H]1Cc1ccccc1. The number of carbonyl (C=O) groups excluding carboxylic acids is 2. The topological polar surface area (TPSA) is 76.1 Å². The standard InChI is InChI=1S/C17H23NO5/c1-3-15(22-10-12(2)19)16(20)18-14(11-23-17(18)21)9-13-7-5-4-6-8-13/h4-8,14-15,17,21H,3,9-11H2,1-2H3/t14-,15+,17?/m1/s1. The first kappa shape index (κ1) is 17.6. The van der Waals surface area contributed by atoms with Crippen molar-refractivity contribution in [1.82, 2.24) is 4.90 Å². The largest absolute Gasteiger partial charge is 0.361 e. The van der Waals surface area contributed by atoms with Gasteiger partial charge < -0.3 is 14.6 Å². The second-order valence-corrected chi connectivity index (χ2v) is 5.66. The lowest BCUT2D eigenvalue weighted by Gasteiger charge is -2.28. The number of rotatable bonds is 7. The molecule has 0 aromatic heterocycles. The highest BCUT2D eigenvalue weighted by Gasteiger charge is 2.39. The summed E-state index contributed by atoms with van der Waals surface area (Å²) >= 11 is 0. The average Bonchev–Trinajstić information content (AvgIpc) is 2.89. The summed E-state index contributed by atoms with van der Waals surface area (Å²) in [7, 11) is 0. The maximum Gasteiger partial charge on any atom is 0.255 e. The molecule has 23 heavy (non-hydrogen) atoms. The molecule has 6 heteroatoms. The maximum absolute atomic E-state index is 12.6.